The zero-order valence-corrected chi connectivity index (χ0v) is 17.1. The minimum atomic E-state index is -3.74. The second-order valence-electron chi connectivity index (χ2n) is 7.49. The van der Waals surface area contributed by atoms with E-state index in [9.17, 15) is 13.2 Å². The van der Waals surface area contributed by atoms with Crippen molar-refractivity contribution >= 4 is 28.2 Å². The number of hydrogen-bond acceptors (Lipinski definition) is 4. The molecule has 2 fully saturated rings. The zero-order chi connectivity index (χ0) is 18.1. The molecule has 1 aromatic rings. The van der Waals surface area contributed by atoms with Crippen molar-refractivity contribution in [2.75, 3.05) is 13.1 Å². The van der Waals surface area contributed by atoms with Gasteiger partial charge in [0, 0.05) is 12.6 Å². The Morgan fingerprint density at radius 1 is 1.19 bits per heavy atom. The van der Waals surface area contributed by atoms with Crippen LogP contribution in [0.25, 0.3) is 0 Å². The van der Waals surface area contributed by atoms with E-state index in [1.54, 1.807) is 13.0 Å². The molecule has 2 aliphatic rings. The molecule has 1 saturated carbocycles. The zero-order valence-electron chi connectivity index (χ0n) is 15.5. The van der Waals surface area contributed by atoms with Gasteiger partial charge in [-0.25, -0.2) is 8.42 Å². The molecule has 5 nitrogen and oxygen atoms in total. The first-order chi connectivity index (χ1) is 11.9. The van der Waals surface area contributed by atoms with Gasteiger partial charge < -0.3 is 10.6 Å². The van der Waals surface area contributed by atoms with Crippen LogP contribution in [0.1, 0.15) is 49.7 Å². The molecule has 0 bridgehead atoms. The van der Waals surface area contributed by atoms with Gasteiger partial charge in [-0.3, -0.25) is 4.79 Å². The Hall–Kier alpha value is -1.11. The maximum atomic E-state index is 13.5. The average Bonchev–Trinajstić information content (AvgIpc) is 3.09. The largest absolute Gasteiger partial charge is 0.351 e. The van der Waals surface area contributed by atoms with Crippen molar-refractivity contribution in [3.8, 4) is 0 Å². The van der Waals surface area contributed by atoms with Crippen molar-refractivity contribution in [1.82, 2.24) is 10.6 Å². The minimum absolute atomic E-state index is 0. The smallest absolute Gasteiger partial charge is 0.242 e. The summed E-state index contributed by atoms with van der Waals surface area (Å²) < 4.78 is 25.8. The lowest BCUT2D eigenvalue weighted by atomic mass is 10.0. The molecule has 7 heteroatoms. The predicted molar refractivity (Wildman–Crippen MR) is 106 cm³/mol. The third-order valence-electron chi connectivity index (χ3n) is 5.60. The Morgan fingerprint density at radius 2 is 1.88 bits per heavy atom. The van der Waals surface area contributed by atoms with Crippen molar-refractivity contribution < 1.29 is 13.2 Å². The van der Waals surface area contributed by atoms with E-state index in [0.717, 1.165) is 37.8 Å². The molecule has 1 aromatic carbocycles. The van der Waals surface area contributed by atoms with Gasteiger partial charge in [0.15, 0.2) is 14.6 Å². The molecular formula is C19H29ClN2O3S. The second-order valence-corrected chi connectivity index (χ2v) is 9.72. The Kier molecular flexibility index (Phi) is 6.75. The Labute approximate surface area is 162 Å². The number of sulfone groups is 1. The number of amides is 1. The predicted octanol–water partition coefficient (Wildman–Crippen LogP) is 2.68. The molecule has 1 aliphatic carbocycles. The lowest BCUT2D eigenvalue weighted by molar-refractivity contribution is -0.124. The summed E-state index contributed by atoms with van der Waals surface area (Å²) in [6, 6.07) is 5.46. The number of carbonyl (C=O) groups excluding carboxylic acids is 1. The van der Waals surface area contributed by atoms with Gasteiger partial charge >= 0.3 is 0 Å². The van der Waals surface area contributed by atoms with Crippen molar-refractivity contribution in [3.63, 3.8) is 0 Å². The fourth-order valence-corrected chi connectivity index (χ4v) is 6.45. The highest BCUT2D eigenvalue weighted by Crippen LogP contribution is 2.42. The Balaban J connectivity index is 0.00000243. The molecule has 1 saturated heterocycles. The van der Waals surface area contributed by atoms with Gasteiger partial charge in [-0.1, -0.05) is 25.0 Å². The van der Waals surface area contributed by atoms with Crippen LogP contribution < -0.4 is 10.6 Å². The van der Waals surface area contributed by atoms with Crippen LogP contribution in [-0.4, -0.2) is 38.2 Å². The van der Waals surface area contributed by atoms with Gasteiger partial charge in [0.1, 0.15) is 0 Å². The third-order valence-corrected chi connectivity index (χ3v) is 8.25. The fourth-order valence-electron chi connectivity index (χ4n) is 4.06. The number of carbonyl (C=O) groups is 1. The van der Waals surface area contributed by atoms with Gasteiger partial charge in [0.25, 0.3) is 0 Å². The Morgan fingerprint density at radius 3 is 2.50 bits per heavy atom. The summed E-state index contributed by atoms with van der Waals surface area (Å²) >= 11 is 0. The average molecular weight is 401 g/mol. The van der Waals surface area contributed by atoms with Crippen LogP contribution in [0.15, 0.2) is 23.1 Å². The van der Waals surface area contributed by atoms with Gasteiger partial charge in [-0.2, -0.15) is 0 Å². The highest BCUT2D eigenvalue weighted by Gasteiger charge is 2.53. The number of benzene rings is 1. The summed E-state index contributed by atoms with van der Waals surface area (Å²) in [6.45, 7) is 5.36. The first-order valence-corrected chi connectivity index (χ1v) is 10.7. The third kappa shape index (κ3) is 3.78. The normalized spacial score (nSPS) is 22.5. The summed E-state index contributed by atoms with van der Waals surface area (Å²) in [5.41, 5.74) is 1.61. The van der Waals surface area contributed by atoms with Crippen LogP contribution in [0.5, 0.6) is 0 Å². The lowest BCUT2D eigenvalue weighted by Gasteiger charge is -2.32. The standard InChI is InChI=1S/C19H28N2O3S.ClH/c1-14-7-8-15(2)17(12-14)25(23,24)19(9-3-4-10-19)18(22)21-16-6-5-11-20-13-16;/h7-8,12,16,20H,3-6,9-11,13H2,1-2H3,(H,21,22);1H/t16-;/m0./s1. The molecule has 1 aliphatic heterocycles. The van der Waals surface area contributed by atoms with Crippen LogP contribution in [0, 0.1) is 13.8 Å². The summed E-state index contributed by atoms with van der Waals surface area (Å²) in [5.74, 6) is -0.306. The molecule has 3 rings (SSSR count). The van der Waals surface area contributed by atoms with Crippen LogP contribution in [0.4, 0.5) is 0 Å². The highest BCUT2D eigenvalue weighted by molar-refractivity contribution is 7.93. The molecule has 0 aromatic heterocycles. The van der Waals surface area contributed by atoms with Gasteiger partial charge in [0.2, 0.25) is 5.91 Å². The van der Waals surface area contributed by atoms with E-state index in [1.165, 1.54) is 0 Å². The fraction of sp³-hybridized carbons (Fsp3) is 0.632. The van der Waals surface area contributed by atoms with E-state index in [4.69, 9.17) is 0 Å². The number of halogens is 1. The van der Waals surface area contributed by atoms with Gasteiger partial charge in [-0.05, 0) is 63.3 Å². The van der Waals surface area contributed by atoms with Crippen molar-refractivity contribution in [2.24, 2.45) is 0 Å². The molecule has 1 amide bonds. The van der Waals surface area contributed by atoms with Crippen LogP contribution in [0.2, 0.25) is 0 Å². The molecular weight excluding hydrogens is 372 g/mol. The van der Waals surface area contributed by atoms with E-state index in [2.05, 4.69) is 10.6 Å². The maximum Gasteiger partial charge on any atom is 0.242 e. The number of hydrogen-bond donors (Lipinski definition) is 2. The SMILES string of the molecule is Cc1ccc(C)c(S(=O)(=O)C2(C(=O)N[C@H]3CCCNC3)CCCC2)c1.Cl. The number of aryl methyl sites for hydroxylation is 2. The van der Waals surface area contributed by atoms with Crippen LogP contribution >= 0.6 is 12.4 Å². The van der Waals surface area contributed by atoms with Crippen molar-refractivity contribution in [3.05, 3.63) is 29.3 Å². The summed E-state index contributed by atoms with van der Waals surface area (Å²) in [6.07, 6.45) is 4.28. The van der Waals surface area contributed by atoms with E-state index in [1.807, 2.05) is 19.1 Å². The topological polar surface area (TPSA) is 75.3 Å². The van der Waals surface area contributed by atoms with Crippen LogP contribution in [0.3, 0.4) is 0 Å². The van der Waals surface area contributed by atoms with E-state index in [0.29, 0.717) is 29.8 Å². The van der Waals surface area contributed by atoms with Gasteiger partial charge in [-0.15, -0.1) is 12.4 Å². The second kappa shape index (κ2) is 8.28. The quantitative estimate of drug-likeness (QED) is 0.814. The first-order valence-electron chi connectivity index (χ1n) is 9.20. The molecule has 2 N–H and O–H groups in total. The van der Waals surface area contributed by atoms with E-state index < -0.39 is 14.6 Å². The monoisotopic (exact) mass is 400 g/mol. The number of piperidine rings is 1. The van der Waals surface area contributed by atoms with E-state index in [-0.39, 0.29) is 24.4 Å². The summed E-state index contributed by atoms with van der Waals surface area (Å²) in [5, 5.41) is 6.30. The summed E-state index contributed by atoms with van der Waals surface area (Å²) in [7, 11) is -3.74. The maximum absolute atomic E-state index is 13.5. The molecule has 0 unspecified atom stereocenters. The number of rotatable bonds is 4. The highest BCUT2D eigenvalue weighted by atomic mass is 35.5. The molecule has 26 heavy (non-hydrogen) atoms. The van der Waals surface area contributed by atoms with Crippen LogP contribution in [-0.2, 0) is 14.6 Å². The molecule has 146 valence electrons. The van der Waals surface area contributed by atoms with Crippen molar-refractivity contribution in [1.29, 1.82) is 0 Å². The minimum Gasteiger partial charge on any atom is -0.351 e. The Bertz CT molecular complexity index is 752. The molecule has 0 spiro atoms. The van der Waals surface area contributed by atoms with Gasteiger partial charge in [0.05, 0.1) is 4.90 Å². The summed E-state index contributed by atoms with van der Waals surface area (Å²) in [4.78, 5) is 13.4. The lowest BCUT2D eigenvalue weighted by Crippen LogP contribution is -2.56. The van der Waals surface area contributed by atoms with E-state index >= 15 is 0 Å². The molecule has 1 atom stereocenters. The first kappa shape index (κ1) is 21.2. The van der Waals surface area contributed by atoms with Crippen molar-refractivity contribution in [2.45, 2.75) is 68.1 Å². The number of nitrogens with one attached hydrogen (secondary N) is 2. The molecule has 0 radical (unpaired) electrons. The molecule has 1 heterocycles.